The minimum Gasteiger partial charge on any atom is -0.465 e. The van der Waals surface area contributed by atoms with Gasteiger partial charge in [0, 0.05) is 17.8 Å². The lowest BCUT2D eigenvalue weighted by Gasteiger charge is -2.04. The van der Waals surface area contributed by atoms with Crippen LogP contribution in [0.4, 0.5) is 0 Å². The Morgan fingerprint density at radius 3 is 2.95 bits per heavy atom. The van der Waals surface area contributed by atoms with Crippen LogP contribution in [-0.2, 0) is 11.3 Å². The summed E-state index contributed by atoms with van der Waals surface area (Å²) in [5.74, 6) is -0.346. The molecule has 20 heavy (non-hydrogen) atoms. The van der Waals surface area contributed by atoms with E-state index in [9.17, 15) is 4.79 Å². The molecule has 0 N–H and O–H groups in total. The topological polar surface area (TPSA) is 57.0 Å². The predicted molar refractivity (Wildman–Crippen MR) is 74.4 cm³/mol. The number of esters is 1. The maximum atomic E-state index is 11.6. The molecule has 2 aromatic heterocycles. The highest BCUT2D eigenvalue weighted by molar-refractivity contribution is 5.94. The number of pyridine rings is 1. The number of rotatable bonds is 3. The molecular formula is C15H13N3O2. The van der Waals surface area contributed by atoms with E-state index in [0.29, 0.717) is 12.1 Å². The number of ether oxygens (including phenoxy) is 1. The number of fused-ring (bicyclic) bond motifs is 1. The van der Waals surface area contributed by atoms with Crippen molar-refractivity contribution in [1.82, 2.24) is 14.8 Å². The zero-order valence-electron chi connectivity index (χ0n) is 11.0. The van der Waals surface area contributed by atoms with E-state index in [2.05, 4.69) is 10.1 Å². The highest BCUT2D eigenvalue weighted by atomic mass is 16.5. The van der Waals surface area contributed by atoms with Crippen LogP contribution in [0.25, 0.3) is 10.9 Å². The van der Waals surface area contributed by atoms with Gasteiger partial charge in [-0.1, -0.05) is 12.1 Å². The lowest BCUT2D eigenvalue weighted by atomic mass is 10.1. The van der Waals surface area contributed by atoms with Crippen molar-refractivity contribution in [2.75, 3.05) is 7.11 Å². The predicted octanol–water partition coefficient (Wildman–Crippen LogP) is 2.27. The van der Waals surface area contributed by atoms with Crippen molar-refractivity contribution >= 4 is 16.9 Å². The van der Waals surface area contributed by atoms with Gasteiger partial charge >= 0.3 is 5.97 Å². The van der Waals surface area contributed by atoms with E-state index in [1.54, 1.807) is 30.7 Å². The highest BCUT2D eigenvalue weighted by Gasteiger charge is 2.09. The molecule has 0 saturated carbocycles. The van der Waals surface area contributed by atoms with Crippen LogP contribution in [0, 0.1) is 0 Å². The van der Waals surface area contributed by atoms with E-state index >= 15 is 0 Å². The molecule has 0 aliphatic rings. The zero-order chi connectivity index (χ0) is 13.9. The van der Waals surface area contributed by atoms with E-state index in [0.717, 1.165) is 16.5 Å². The van der Waals surface area contributed by atoms with Gasteiger partial charge in [0.15, 0.2) is 0 Å². The first-order chi connectivity index (χ1) is 9.78. The molecule has 0 bridgehead atoms. The van der Waals surface area contributed by atoms with Crippen molar-refractivity contribution in [1.29, 1.82) is 0 Å². The van der Waals surface area contributed by atoms with Gasteiger partial charge in [0.25, 0.3) is 0 Å². The molecule has 0 aliphatic carbocycles. The van der Waals surface area contributed by atoms with Crippen LogP contribution in [0.1, 0.15) is 15.9 Å². The Morgan fingerprint density at radius 1 is 1.30 bits per heavy atom. The molecule has 0 atom stereocenters. The van der Waals surface area contributed by atoms with Crippen LogP contribution < -0.4 is 0 Å². The van der Waals surface area contributed by atoms with Crippen LogP contribution in [0.5, 0.6) is 0 Å². The first-order valence-electron chi connectivity index (χ1n) is 6.21. The Kier molecular flexibility index (Phi) is 3.16. The third kappa shape index (κ3) is 2.25. The van der Waals surface area contributed by atoms with Gasteiger partial charge in [-0.25, -0.2) is 4.79 Å². The molecule has 3 rings (SSSR count). The van der Waals surface area contributed by atoms with Crippen LogP contribution in [0.3, 0.4) is 0 Å². The van der Waals surface area contributed by atoms with Crippen molar-refractivity contribution in [3.63, 3.8) is 0 Å². The second-order valence-corrected chi connectivity index (χ2v) is 4.43. The van der Waals surface area contributed by atoms with E-state index in [1.807, 2.05) is 22.9 Å². The smallest absolute Gasteiger partial charge is 0.337 e. The third-order valence-corrected chi connectivity index (χ3v) is 3.12. The summed E-state index contributed by atoms with van der Waals surface area (Å²) >= 11 is 0. The first kappa shape index (κ1) is 12.3. The molecule has 0 spiro atoms. The Morgan fingerprint density at radius 2 is 2.20 bits per heavy atom. The van der Waals surface area contributed by atoms with Crippen molar-refractivity contribution in [3.8, 4) is 0 Å². The molecule has 0 unspecified atom stereocenters. The summed E-state index contributed by atoms with van der Waals surface area (Å²) < 4.78 is 6.59. The van der Waals surface area contributed by atoms with Crippen LogP contribution >= 0.6 is 0 Å². The van der Waals surface area contributed by atoms with Gasteiger partial charge in [-0.05, 0) is 23.8 Å². The van der Waals surface area contributed by atoms with Crippen LogP contribution in [-0.4, -0.2) is 27.8 Å². The zero-order valence-corrected chi connectivity index (χ0v) is 11.0. The number of aromatic nitrogens is 3. The molecule has 0 amide bonds. The van der Waals surface area contributed by atoms with Gasteiger partial charge in [-0.2, -0.15) is 5.10 Å². The number of carbonyl (C=O) groups is 1. The minimum absolute atomic E-state index is 0.346. The van der Waals surface area contributed by atoms with Gasteiger partial charge in [0.1, 0.15) is 0 Å². The quantitative estimate of drug-likeness (QED) is 0.683. The van der Waals surface area contributed by atoms with Gasteiger partial charge in [0.05, 0.1) is 30.9 Å². The molecule has 100 valence electrons. The number of hydrogen-bond donors (Lipinski definition) is 0. The Balaban J connectivity index is 2.01. The monoisotopic (exact) mass is 267 g/mol. The molecule has 0 fully saturated rings. The second-order valence-electron chi connectivity index (χ2n) is 4.43. The lowest BCUT2D eigenvalue weighted by Crippen LogP contribution is -2.04. The SMILES string of the molecule is COC(=O)c1ccc2cnn(Cc3cccnc3)c2c1. The van der Waals surface area contributed by atoms with E-state index in [4.69, 9.17) is 4.74 Å². The summed E-state index contributed by atoms with van der Waals surface area (Å²) in [4.78, 5) is 15.7. The molecule has 0 aliphatic heterocycles. The summed E-state index contributed by atoms with van der Waals surface area (Å²) in [6.07, 6.45) is 5.32. The van der Waals surface area contributed by atoms with Crippen LogP contribution in [0.2, 0.25) is 0 Å². The van der Waals surface area contributed by atoms with Crippen LogP contribution in [0.15, 0.2) is 48.9 Å². The van der Waals surface area contributed by atoms with Crippen molar-refractivity contribution in [2.24, 2.45) is 0 Å². The molecule has 0 saturated heterocycles. The highest BCUT2D eigenvalue weighted by Crippen LogP contribution is 2.17. The molecule has 1 aromatic carbocycles. The molecule has 5 nitrogen and oxygen atoms in total. The number of hydrogen-bond acceptors (Lipinski definition) is 4. The van der Waals surface area contributed by atoms with E-state index < -0.39 is 0 Å². The lowest BCUT2D eigenvalue weighted by molar-refractivity contribution is 0.0601. The van der Waals surface area contributed by atoms with Gasteiger partial charge in [-0.15, -0.1) is 0 Å². The Bertz CT molecular complexity index is 750. The Hall–Kier alpha value is -2.69. The number of benzene rings is 1. The minimum atomic E-state index is -0.346. The number of methoxy groups -OCH3 is 1. The average molecular weight is 267 g/mol. The largest absolute Gasteiger partial charge is 0.465 e. The average Bonchev–Trinajstić information content (AvgIpc) is 2.90. The fourth-order valence-electron chi connectivity index (χ4n) is 2.11. The second kappa shape index (κ2) is 5.13. The number of carbonyl (C=O) groups excluding carboxylic acids is 1. The summed E-state index contributed by atoms with van der Waals surface area (Å²) in [6.45, 7) is 0.613. The van der Waals surface area contributed by atoms with E-state index in [1.165, 1.54) is 7.11 Å². The van der Waals surface area contributed by atoms with Crippen molar-refractivity contribution in [3.05, 3.63) is 60.0 Å². The summed E-state index contributed by atoms with van der Waals surface area (Å²) in [7, 11) is 1.37. The maximum Gasteiger partial charge on any atom is 0.337 e. The van der Waals surface area contributed by atoms with Crippen molar-refractivity contribution in [2.45, 2.75) is 6.54 Å². The van der Waals surface area contributed by atoms with Crippen molar-refractivity contribution < 1.29 is 9.53 Å². The molecule has 5 heteroatoms. The molecular weight excluding hydrogens is 254 g/mol. The number of nitrogens with zero attached hydrogens (tertiary/aromatic N) is 3. The third-order valence-electron chi connectivity index (χ3n) is 3.12. The maximum absolute atomic E-state index is 11.6. The molecule has 2 heterocycles. The Labute approximate surface area is 115 Å². The van der Waals surface area contributed by atoms with E-state index in [-0.39, 0.29) is 5.97 Å². The summed E-state index contributed by atoms with van der Waals surface area (Å²) in [5.41, 5.74) is 2.48. The fraction of sp³-hybridized carbons (Fsp3) is 0.133. The molecule has 0 radical (unpaired) electrons. The van der Waals surface area contributed by atoms with Gasteiger partial charge in [-0.3, -0.25) is 9.67 Å². The summed E-state index contributed by atoms with van der Waals surface area (Å²) in [6, 6.07) is 9.29. The normalized spacial score (nSPS) is 10.7. The summed E-state index contributed by atoms with van der Waals surface area (Å²) in [5, 5.41) is 5.34. The van der Waals surface area contributed by atoms with Gasteiger partial charge in [0.2, 0.25) is 0 Å². The standard InChI is InChI=1S/C15H13N3O2/c1-20-15(19)12-4-5-13-9-17-18(14(13)7-12)10-11-3-2-6-16-8-11/h2-9H,10H2,1H3. The van der Waals surface area contributed by atoms with Gasteiger partial charge < -0.3 is 4.74 Å². The first-order valence-corrected chi connectivity index (χ1v) is 6.21. The molecule has 3 aromatic rings. The fourth-order valence-corrected chi connectivity index (χ4v) is 2.11.